The molecule has 0 spiro atoms. The van der Waals surface area contributed by atoms with Gasteiger partial charge in [0.15, 0.2) is 5.03 Å². The van der Waals surface area contributed by atoms with Crippen LogP contribution in [0.15, 0.2) is 29.4 Å². The number of rotatable bonds is 4. The van der Waals surface area contributed by atoms with E-state index >= 15 is 0 Å². The van der Waals surface area contributed by atoms with E-state index in [0.29, 0.717) is 18.2 Å². The van der Waals surface area contributed by atoms with Gasteiger partial charge in [0.25, 0.3) is 10.0 Å². The maximum atomic E-state index is 12.8. The van der Waals surface area contributed by atoms with Gasteiger partial charge in [0.2, 0.25) is 0 Å². The minimum atomic E-state index is -3.66. The number of nitrogens with one attached hydrogen (secondary N) is 2. The van der Waals surface area contributed by atoms with E-state index in [1.807, 2.05) is 12.1 Å². The van der Waals surface area contributed by atoms with Crippen LogP contribution in [0.4, 0.5) is 5.69 Å². The standard InChI is InChI=1S/C19H23N5O2S/c25-27(26,18-12-20-17-7-4-10-24(17)18)23-14-8-9-15-16(11-14)22-19(21-15)13-5-2-1-3-6-13/h8-9,11-13,23H,1-7,10H2,(H,21,22). The molecule has 8 heteroatoms. The number of imidazole rings is 2. The topological polar surface area (TPSA) is 92.7 Å². The maximum Gasteiger partial charge on any atom is 0.279 e. The fraction of sp³-hybridized carbons (Fsp3) is 0.474. The number of hydrogen-bond donors (Lipinski definition) is 2. The van der Waals surface area contributed by atoms with Crippen molar-refractivity contribution in [3.63, 3.8) is 0 Å². The monoisotopic (exact) mass is 385 g/mol. The quantitative estimate of drug-likeness (QED) is 0.718. The third-order valence-corrected chi connectivity index (χ3v) is 7.08. The Morgan fingerprint density at radius 2 is 2.00 bits per heavy atom. The molecule has 5 rings (SSSR count). The van der Waals surface area contributed by atoms with Crippen molar-refractivity contribution < 1.29 is 8.42 Å². The summed E-state index contributed by atoms with van der Waals surface area (Å²) < 4.78 is 30.1. The predicted octanol–water partition coefficient (Wildman–Crippen LogP) is 3.55. The van der Waals surface area contributed by atoms with Crippen molar-refractivity contribution in [2.24, 2.45) is 0 Å². The van der Waals surface area contributed by atoms with Gasteiger partial charge < -0.3 is 9.55 Å². The molecular formula is C19H23N5O2S. The molecule has 142 valence electrons. The van der Waals surface area contributed by atoms with Crippen LogP contribution in [0, 0.1) is 0 Å². The summed E-state index contributed by atoms with van der Waals surface area (Å²) >= 11 is 0. The van der Waals surface area contributed by atoms with Crippen LogP contribution in [-0.2, 0) is 23.0 Å². The van der Waals surface area contributed by atoms with Gasteiger partial charge in [-0.15, -0.1) is 0 Å². The highest BCUT2D eigenvalue weighted by molar-refractivity contribution is 7.92. The Morgan fingerprint density at radius 3 is 2.85 bits per heavy atom. The van der Waals surface area contributed by atoms with Crippen molar-refractivity contribution in [2.45, 2.75) is 62.4 Å². The number of sulfonamides is 1. The Hall–Kier alpha value is -2.35. The van der Waals surface area contributed by atoms with E-state index in [0.717, 1.165) is 35.5 Å². The molecular weight excluding hydrogens is 362 g/mol. The van der Waals surface area contributed by atoms with Gasteiger partial charge in [0, 0.05) is 18.9 Å². The van der Waals surface area contributed by atoms with E-state index in [4.69, 9.17) is 4.98 Å². The first-order valence-corrected chi connectivity index (χ1v) is 11.2. The van der Waals surface area contributed by atoms with Crippen LogP contribution in [0.2, 0.25) is 0 Å². The second-order valence-electron chi connectivity index (χ2n) is 7.56. The molecule has 2 N–H and O–H groups in total. The predicted molar refractivity (Wildman–Crippen MR) is 103 cm³/mol. The molecule has 1 saturated carbocycles. The molecule has 1 aliphatic heterocycles. The Morgan fingerprint density at radius 1 is 1.15 bits per heavy atom. The summed E-state index contributed by atoms with van der Waals surface area (Å²) in [6, 6.07) is 5.47. The summed E-state index contributed by atoms with van der Waals surface area (Å²) in [7, 11) is -3.66. The SMILES string of the molecule is O=S(=O)(Nc1ccc2nc(C3CCCCC3)[nH]c2c1)c1cnc2n1CCC2. The molecule has 7 nitrogen and oxygen atoms in total. The summed E-state index contributed by atoms with van der Waals surface area (Å²) in [4.78, 5) is 12.4. The Balaban J connectivity index is 1.43. The molecule has 3 heterocycles. The molecule has 0 unspecified atom stereocenters. The van der Waals surface area contributed by atoms with Gasteiger partial charge in [-0.2, -0.15) is 8.42 Å². The largest absolute Gasteiger partial charge is 0.342 e. The molecule has 27 heavy (non-hydrogen) atoms. The number of fused-ring (bicyclic) bond motifs is 2. The van der Waals surface area contributed by atoms with E-state index in [-0.39, 0.29) is 5.03 Å². The second kappa shape index (κ2) is 6.37. The Kier molecular flexibility index (Phi) is 3.96. The lowest BCUT2D eigenvalue weighted by molar-refractivity contribution is 0.431. The summed E-state index contributed by atoms with van der Waals surface area (Å²) in [6.45, 7) is 0.704. The zero-order valence-corrected chi connectivity index (χ0v) is 15.9. The van der Waals surface area contributed by atoms with Crippen LogP contribution >= 0.6 is 0 Å². The van der Waals surface area contributed by atoms with Gasteiger partial charge >= 0.3 is 0 Å². The lowest BCUT2D eigenvalue weighted by atomic mass is 9.89. The fourth-order valence-corrected chi connectivity index (χ4v) is 5.53. The minimum absolute atomic E-state index is 0.239. The number of aryl methyl sites for hydroxylation is 1. The molecule has 0 saturated heterocycles. The molecule has 1 fully saturated rings. The van der Waals surface area contributed by atoms with E-state index in [2.05, 4.69) is 14.7 Å². The third-order valence-electron chi connectivity index (χ3n) is 5.70. The normalized spacial score (nSPS) is 18.1. The first-order valence-electron chi connectivity index (χ1n) is 9.67. The number of anilines is 1. The van der Waals surface area contributed by atoms with Gasteiger partial charge in [-0.05, 0) is 37.5 Å². The molecule has 0 atom stereocenters. The van der Waals surface area contributed by atoms with E-state index in [1.54, 1.807) is 10.6 Å². The first-order chi connectivity index (χ1) is 13.1. The smallest absolute Gasteiger partial charge is 0.279 e. The summed E-state index contributed by atoms with van der Waals surface area (Å²) in [5, 5.41) is 0.239. The highest BCUT2D eigenvalue weighted by atomic mass is 32.2. The Labute approximate surface area is 158 Å². The Bertz CT molecular complexity index is 1090. The number of hydrogen-bond acceptors (Lipinski definition) is 4. The average molecular weight is 385 g/mol. The average Bonchev–Trinajstić information content (AvgIpc) is 3.36. The lowest BCUT2D eigenvalue weighted by Crippen LogP contribution is -2.16. The second-order valence-corrected chi connectivity index (χ2v) is 9.19. The van der Waals surface area contributed by atoms with Crippen LogP contribution in [0.1, 0.15) is 56.1 Å². The number of H-pyrrole nitrogens is 1. The minimum Gasteiger partial charge on any atom is -0.342 e. The van der Waals surface area contributed by atoms with Crippen molar-refractivity contribution in [2.75, 3.05) is 4.72 Å². The van der Waals surface area contributed by atoms with Gasteiger partial charge in [-0.3, -0.25) is 4.72 Å². The number of aromatic amines is 1. The lowest BCUT2D eigenvalue weighted by Gasteiger charge is -2.18. The zero-order valence-electron chi connectivity index (χ0n) is 15.1. The van der Waals surface area contributed by atoms with Crippen LogP contribution in [0.5, 0.6) is 0 Å². The van der Waals surface area contributed by atoms with Gasteiger partial charge in [0.05, 0.1) is 22.9 Å². The zero-order chi connectivity index (χ0) is 18.4. The van der Waals surface area contributed by atoms with Crippen LogP contribution in [0.3, 0.4) is 0 Å². The number of benzene rings is 1. The molecule has 2 aromatic heterocycles. The van der Waals surface area contributed by atoms with Gasteiger partial charge in [0.1, 0.15) is 11.6 Å². The van der Waals surface area contributed by atoms with Gasteiger partial charge in [-0.1, -0.05) is 19.3 Å². The molecule has 2 aliphatic rings. The molecule has 0 bridgehead atoms. The highest BCUT2D eigenvalue weighted by Crippen LogP contribution is 2.32. The summed E-state index contributed by atoms with van der Waals surface area (Å²) in [6.07, 6.45) is 9.38. The molecule has 0 amide bonds. The van der Waals surface area contributed by atoms with E-state index in [1.165, 1.54) is 38.3 Å². The van der Waals surface area contributed by atoms with Crippen molar-refractivity contribution >= 4 is 26.7 Å². The number of aromatic nitrogens is 4. The van der Waals surface area contributed by atoms with E-state index in [9.17, 15) is 8.42 Å². The molecule has 1 aliphatic carbocycles. The van der Waals surface area contributed by atoms with Crippen molar-refractivity contribution in [1.29, 1.82) is 0 Å². The van der Waals surface area contributed by atoms with Crippen LogP contribution < -0.4 is 4.72 Å². The fourth-order valence-electron chi connectivity index (χ4n) is 4.31. The summed E-state index contributed by atoms with van der Waals surface area (Å²) in [5.74, 6) is 2.36. The van der Waals surface area contributed by atoms with Crippen molar-refractivity contribution in [1.82, 2.24) is 19.5 Å². The summed E-state index contributed by atoms with van der Waals surface area (Å²) in [5.41, 5.74) is 2.29. The third kappa shape index (κ3) is 3.01. The number of nitrogens with zero attached hydrogens (tertiary/aromatic N) is 3. The highest BCUT2D eigenvalue weighted by Gasteiger charge is 2.25. The van der Waals surface area contributed by atoms with Crippen molar-refractivity contribution in [3.8, 4) is 0 Å². The molecule has 0 radical (unpaired) electrons. The maximum absolute atomic E-state index is 12.8. The van der Waals surface area contributed by atoms with Crippen molar-refractivity contribution in [3.05, 3.63) is 36.0 Å². The van der Waals surface area contributed by atoms with Crippen LogP contribution in [0.25, 0.3) is 11.0 Å². The van der Waals surface area contributed by atoms with Gasteiger partial charge in [-0.25, -0.2) is 9.97 Å². The van der Waals surface area contributed by atoms with Crippen LogP contribution in [-0.4, -0.2) is 27.9 Å². The molecule has 1 aromatic carbocycles. The first kappa shape index (κ1) is 16.8. The molecule has 3 aromatic rings. The van der Waals surface area contributed by atoms with E-state index < -0.39 is 10.0 Å².